The monoisotopic (exact) mass is 249 g/mol. The van der Waals surface area contributed by atoms with E-state index in [1.165, 1.54) is 18.3 Å². The van der Waals surface area contributed by atoms with E-state index in [1.807, 2.05) is 0 Å². The van der Waals surface area contributed by atoms with Gasteiger partial charge in [-0.2, -0.15) is 0 Å². The number of benzene rings is 1. The third-order valence-corrected chi connectivity index (χ3v) is 2.63. The zero-order chi connectivity index (χ0) is 13.3. The van der Waals surface area contributed by atoms with Crippen molar-refractivity contribution >= 4 is 17.2 Å². The molecule has 0 aliphatic heterocycles. The number of rotatable bonds is 2. The number of nitrogens with two attached hydrogens (primary N) is 1. The Kier molecular flexibility index (Phi) is 3.14. The first kappa shape index (κ1) is 12.3. The van der Waals surface area contributed by atoms with Crippen molar-refractivity contribution in [2.45, 2.75) is 13.8 Å². The molecule has 0 unspecified atom stereocenters. The molecule has 1 aromatic heterocycles. The topological polar surface area (TPSA) is 50.9 Å². The molecule has 0 bridgehead atoms. The SMILES string of the molecule is Cc1cc(N)cnc1Nc1c(F)ccc(C)c1F. The Morgan fingerprint density at radius 3 is 2.56 bits per heavy atom. The molecule has 0 radical (unpaired) electrons. The van der Waals surface area contributed by atoms with Gasteiger partial charge in [0.15, 0.2) is 5.82 Å². The molecule has 94 valence electrons. The molecule has 5 heteroatoms. The van der Waals surface area contributed by atoms with Crippen molar-refractivity contribution in [2.75, 3.05) is 11.1 Å². The third-order valence-electron chi connectivity index (χ3n) is 2.63. The standard InChI is InChI=1S/C13H13F2N3/c1-7-3-4-10(14)12(11(7)15)18-13-8(2)5-9(16)6-17-13/h3-6H,16H2,1-2H3,(H,17,18). The zero-order valence-corrected chi connectivity index (χ0v) is 10.1. The van der Waals surface area contributed by atoms with Crippen LogP contribution in [0.15, 0.2) is 24.4 Å². The van der Waals surface area contributed by atoms with Crippen molar-refractivity contribution < 1.29 is 8.78 Å². The van der Waals surface area contributed by atoms with Crippen molar-refractivity contribution in [1.29, 1.82) is 0 Å². The number of pyridine rings is 1. The molecule has 0 saturated heterocycles. The number of nitrogens with one attached hydrogen (secondary N) is 1. The van der Waals surface area contributed by atoms with E-state index in [0.29, 0.717) is 17.1 Å². The summed E-state index contributed by atoms with van der Waals surface area (Å²) in [5.74, 6) is -0.892. The molecule has 1 heterocycles. The Bertz CT molecular complexity index is 597. The van der Waals surface area contributed by atoms with Crippen LogP contribution in [0, 0.1) is 25.5 Å². The number of hydrogen-bond acceptors (Lipinski definition) is 3. The predicted octanol–water partition coefficient (Wildman–Crippen LogP) is 3.30. The fourth-order valence-electron chi connectivity index (χ4n) is 1.62. The lowest BCUT2D eigenvalue weighted by atomic mass is 10.2. The van der Waals surface area contributed by atoms with Gasteiger partial charge in [-0.3, -0.25) is 0 Å². The number of hydrogen-bond donors (Lipinski definition) is 2. The molecule has 3 nitrogen and oxygen atoms in total. The summed E-state index contributed by atoms with van der Waals surface area (Å²) in [4.78, 5) is 4.02. The van der Waals surface area contributed by atoms with Gasteiger partial charge in [-0.25, -0.2) is 13.8 Å². The second-order valence-corrected chi connectivity index (χ2v) is 4.11. The predicted molar refractivity (Wildman–Crippen MR) is 67.8 cm³/mol. The lowest BCUT2D eigenvalue weighted by Crippen LogP contribution is -2.03. The highest BCUT2D eigenvalue weighted by molar-refractivity contribution is 5.63. The summed E-state index contributed by atoms with van der Waals surface area (Å²) < 4.78 is 27.4. The van der Waals surface area contributed by atoms with Crippen molar-refractivity contribution in [3.63, 3.8) is 0 Å². The van der Waals surface area contributed by atoms with E-state index >= 15 is 0 Å². The summed E-state index contributed by atoms with van der Waals surface area (Å²) in [6.45, 7) is 3.33. The Hall–Kier alpha value is -2.17. The lowest BCUT2D eigenvalue weighted by Gasteiger charge is -2.11. The van der Waals surface area contributed by atoms with Crippen LogP contribution in [0.1, 0.15) is 11.1 Å². The molecular weight excluding hydrogens is 236 g/mol. The van der Waals surface area contributed by atoms with Crippen molar-refractivity contribution in [2.24, 2.45) is 0 Å². The van der Waals surface area contributed by atoms with E-state index in [2.05, 4.69) is 10.3 Å². The van der Waals surface area contributed by atoms with Gasteiger partial charge in [0.25, 0.3) is 0 Å². The molecular formula is C13H13F2N3. The minimum absolute atomic E-state index is 0.199. The second kappa shape index (κ2) is 4.60. The highest BCUT2D eigenvalue weighted by Gasteiger charge is 2.13. The quantitative estimate of drug-likeness (QED) is 0.858. The molecule has 0 atom stereocenters. The van der Waals surface area contributed by atoms with Gasteiger partial charge in [0.1, 0.15) is 17.3 Å². The fraction of sp³-hybridized carbons (Fsp3) is 0.154. The largest absolute Gasteiger partial charge is 0.397 e. The van der Waals surface area contributed by atoms with Gasteiger partial charge in [-0.15, -0.1) is 0 Å². The molecule has 0 amide bonds. The molecule has 0 fully saturated rings. The average molecular weight is 249 g/mol. The minimum atomic E-state index is -0.656. The van der Waals surface area contributed by atoms with Gasteiger partial charge < -0.3 is 11.1 Å². The molecule has 3 N–H and O–H groups in total. The maximum atomic E-state index is 13.8. The normalized spacial score (nSPS) is 10.4. The van der Waals surface area contributed by atoms with Gasteiger partial charge >= 0.3 is 0 Å². The Balaban J connectivity index is 2.43. The number of aromatic nitrogens is 1. The minimum Gasteiger partial charge on any atom is -0.397 e. The second-order valence-electron chi connectivity index (χ2n) is 4.11. The zero-order valence-electron chi connectivity index (χ0n) is 10.1. The van der Waals surface area contributed by atoms with E-state index in [-0.39, 0.29) is 5.69 Å². The lowest BCUT2D eigenvalue weighted by molar-refractivity contribution is 0.584. The van der Waals surface area contributed by atoms with E-state index in [1.54, 1.807) is 19.9 Å². The van der Waals surface area contributed by atoms with Crippen LogP contribution >= 0.6 is 0 Å². The highest BCUT2D eigenvalue weighted by atomic mass is 19.1. The summed E-state index contributed by atoms with van der Waals surface area (Å²) in [5.41, 5.74) is 6.96. The van der Waals surface area contributed by atoms with Crippen LogP contribution < -0.4 is 11.1 Å². The van der Waals surface area contributed by atoms with Crippen LogP contribution in [-0.4, -0.2) is 4.98 Å². The summed E-state index contributed by atoms with van der Waals surface area (Å²) in [6, 6.07) is 4.29. The molecule has 1 aromatic carbocycles. The van der Waals surface area contributed by atoms with Crippen LogP contribution in [0.2, 0.25) is 0 Å². The van der Waals surface area contributed by atoms with Crippen molar-refractivity contribution in [1.82, 2.24) is 4.98 Å². The van der Waals surface area contributed by atoms with Crippen LogP contribution in [0.4, 0.5) is 26.0 Å². The maximum Gasteiger partial charge on any atom is 0.152 e. The molecule has 2 aromatic rings. The first-order valence-electron chi connectivity index (χ1n) is 5.43. The van der Waals surface area contributed by atoms with Crippen LogP contribution in [0.5, 0.6) is 0 Å². The molecule has 2 rings (SSSR count). The van der Waals surface area contributed by atoms with Gasteiger partial charge in [-0.05, 0) is 37.1 Å². The number of anilines is 3. The fourth-order valence-corrected chi connectivity index (χ4v) is 1.62. The van der Waals surface area contributed by atoms with E-state index < -0.39 is 11.6 Å². The summed E-state index contributed by atoms with van der Waals surface area (Å²) >= 11 is 0. The molecule has 18 heavy (non-hydrogen) atoms. The molecule has 0 saturated carbocycles. The number of aryl methyl sites for hydroxylation is 2. The maximum absolute atomic E-state index is 13.8. The van der Waals surface area contributed by atoms with E-state index in [0.717, 1.165) is 5.56 Å². The van der Waals surface area contributed by atoms with Gasteiger partial charge in [0.05, 0.1) is 11.9 Å². The van der Waals surface area contributed by atoms with Gasteiger partial charge in [0, 0.05) is 0 Å². The van der Waals surface area contributed by atoms with Crippen LogP contribution in [0.3, 0.4) is 0 Å². The molecule has 0 spiro atoms. The van der Waals surface area contributed by atoms with Gasteiger partial charge in [0.2, 0.25) is 0 Å². The van der Waals surface area contributed by atoms with Gasteiger partial charge in [-0.1, -0.05) is 6.07 Å². The average Bonchev–Trinajstić information content (AvgIpc) is 2.32. The van der Waals surface area contributed by atoms with E-state index in [4.69, 9.17) is 5.73 Å². The number of nitrogen functional groups attached to an aromatic ring is 1. The first-order valence-corrected chi connectivity index (χ1v) is 5.43. The first-order chi connectivity index (χ1) is 8.49. The smallest absolute Gasteiger partial charge is 0.152 e. The number of halogens is 2. The molecule has 0 aliphatic carbocycles. The van der Waals surface area contributed by atoms with Crippen LogP contribution in [-0.2, 0) is 0 Å². The summed E-state index contributed by atoms with van der Waals surface area (Å²) in [5, 5.41) is 2.66. The number of nitrogens with zero attached hydrogens (tertiary/aromatic N) is 1. The summed E-state index contributed by atoms with van der Waals surface area (Å²) in [7, 11) is 0. The van der Waals surface area contributed by atoms with Crippen LogP contribution in [0.25, 0.3) is 0 Å². The van der Waals surface area contributed by atoms with Crippen molar-refractivity contribution in [3.8, 4) is 0 Å². The molecule has 0 aliphatic rings. The third kappa shape index (κ3) is 2.25. The van der Waals surface area contributed by atoms with E-state index in [9.17, 15) is 8.78 Å². The van der Waals surface area contributed by atoms with Crippen molar-refractivity contribution in [3.05, 3.63) is 47.2 Å². The Labute approximate surface area is 104 Å². The Morgan fingerprint density at radius 1 is 1.17 bits per heavy atom. The summed E-state index contributed by atoms with van der Waals surface area (Å²) in [6.07, 6.45) is 1.43. The Morgan fingerprint density at radius 2 is 1.89 bits per heavy atom. The highest BCUT2D eigenvalue weighted by Crippen LogP contribution is 2.26.